The third kappa shape index (κ3) is 5.90. The molecule has 162 valence electrons. The molecule has 3 heterocycles. The summed E-state index contributed by atoms with van der Waals surface area (Å²) in [6.45, 7) is 5.46. The zero-order valence-electron chi connectivity index (χ0n) is 17.8. The number of hydrogen-bond donors (Lipinski definition) is 0. The number of aryl methyl sites for hydroxylation is 1. The Bertz CT molecular complexity index is 804. The lowest BCUT2D eigenvalue weighted by atomic mass is 9.99. The van der Waals surface area contributed by atoms with E-state index in [2.05, 4.69) is 22.1 Å². The molecular formula is C23H32N4O3. The van der Waals surface area contributed by atoms with Gasteiger partial charge in [0.2, 0.25) is 5.91 Å². The second-order valence-electron chi connectivity index (χ2n) is 8.46. The molecule has 30 heavy (non-hydrogen) atoms. The maximum atomic E-state index is 13.1. The van der Waals surface area contributed by atoms with E-state index in [1.54, 1.807) is 4.68 Å². The largest absolute Gasteiger partial charge is 0.381 e. The number of ether oxygens (including phenoxy) is 2. The summed E-state index contributed by atoms with van der Waals surface area (Å²) < 4.78 is 13.6. The first-order valence-corrected chi connectivity index (χ1v) is 10.9. The second kappa shape index (κ2) is 10.2. The van der Waals surface area contributed by atoms with Crippen LogP contribution in [0.1, 0.15) is 24.0 Å². The van der Waals surface area contributed by atoms with Crippen LogP contribution in [0.15, 0.2) is 42.7 Å². The highest BCUT2D eigenvalue weighted by Crippen LogP contribution is 2.19. The first-order chi connectivity index (χ1) is 14.7. The molecule has 1 atom stereocenters. The van der Waals surface area contributed by atoms with E-state index in [0.717, 1.165) is 50.3 Å². The van der Waals surface area contributed by atoms with Crippen molar-refractivity contribution in [2.45, 2.75) is 32.1 Å². The lowest BCUT2D eigenvalue weighted by Crippen LogP contribution is -2.42. The summed E-state index contributed by atoms with van der Waals surface area (Å²) in [6.07, 6.45) is 5.91. The SMILES string of the molecule is Cn1cc(CN2CC(=O)N(CC3CCOCC3)C[C@H](OCc3ccccc3)C2)cn1. The molecule has 0 unspecified atom stereocenters. The van der Waals surface area contributed by atoms with Gasteiger partial charge in [-0.3, -0.25) is 14.4 Å². The van der Waals surface area contributed by atoms with Crippen molar-refractivity contribution >= 4 is 5.91 Å². The topological polar surface area (TPSA) is 59.8 Å². The van der Waals surface area contributed by atoms with Gasteiger partial charge in [-0.1, -0.05) is 30.3 Å². The van der Waals surface area contributed by atoms with Gasteiger partial charge in [-0.25, -0.2) is 0 Å². The van der Waals surface area contributed by atoms with Gasteiger partial charge in [0.15, 0.2) is 0 Å². The number of rotatable bonds is 7. The average Bonchev–Trinajstić information content (AvgIpc) is 3.10. The van der Waals surface area contributed by atoms with E-state index in [4.69, 9.17) is 9.47 Å². The fourth-order valence-corrected chi connectivity index (χ4v) is 4.29. The van der Waals surface area contributed by atoms with Crippen LogP contribution < -0.4 is 0 Å². The maximum absolute atomic E-state index is 13.1. The molecule has 1 amide bonds. The van der Waals surface area contributed by atoms with Crippen molar-refractivity contribution < 1.29 is 14.3 Å². The molecule has 2 fully saturated rings. The van der Waals surface area contributed by atoms with Crippen molar-refractivity contribution in [3.63, 3.8) is 0 Å². The quantitative estimate of drug-likeness (QED) is 0.697. The monoisotopic (exact) mass is 412 g/mol. The van der Waals surface area contributed by atoms with Crippen LogP contribution in [0, 0.1) is 5.92 Å². The molecule has 7 heteroatoms. The molecule has 7 nitrogen and oxygen atoms in total. The van der Waals surface area contributed by atoms with Crippen molar-refractivity contribution in [3.05, 3.63) is 53.9 Å². The zero-order chi connectivity index (χ0) is 20.8. The Hall–Kier alpha value is -2.22. The third-order valence-electron chi connectivity index (χ3n) is 5.91. The van der Waals surface area contributed by atoms with Crippen molar-refractivity contribution in [1.29, 1.82) is 0 Å². The molecule has 0 saturated carbocycles. The van der Waals surface area contributed by atoms with Crippen molar-refractivity contribution in [1.82, 2.24) is 19.6 Å². The van der Waals surface area contributed by atoms with Crippen LogP contribution >= 0.6 is 0 Å². The number of amides is 1. The van der Waals surface area contributed by atoms with Gasteiger partial charge in [0.25, 0.3) is 0 Å². The number of carbonyl (C=O) groups excluding carboxylic acids is 1. The summed E-state index contributed by atoms with van der Waals surface area (Å²) in [5, 5.41) is 4.26. The van der Waals surface area contributed by atoms with Gasteiger partial charge in [0.05, 0.1) is 25.5 Å². The van der Waals surface area contributed by atoms with E-state index >= 15 is 0 Å². The average molecular weight is 413 g/mol. The van der Waals surface area contributed by atoms with E-state index in [9.17, 15) is 4.79 Å². The van der Waals surface area contributed by atoms with Crippen LogP contribution in [0.2, 0.25) is 0 Å². The Balaban J connectivity index is 1.43. The Morgan fingerprint density at radius 1 is 1.13 bits per heavy atom. The van der Waals surface area contributed by atoms with Gasteiger partial charge in [0, 0.05) is 58.2 Å². The molecule has 0 radical (unpaired) electrons. The third-order valence-corrected chi connectivity index (χ3v) is 5.91. The number of nitrogens with zero attached hydrogens (tertiary/aromatic N) is 4. The van der Waals surface area contributed by atoms with Gasteiger partial charge < -0.3 is 14.4 Å². The summed E-state index contributed by atoms with van der Waals surface area (Å²) >= 11 is 0. The van der Waals surface area contributed by atoms with Crippen molar-refractivity contribution in [2.75, 3.05) is 39.4 Å². The Kier molecular flexibility index (Phi) is 7.15. The predicted molar refractivity (Wildman–Crippen MR) is 114 cm³/mol. The van der Waals surface area contributed by atoms with E-state index < -0.39 is 0 Å². The molecule has 0 N–H and O–H groups in total. The van der Waals surface area contributed by atoms with E-state index in [0.29, 0.717) is 32.2 Å². The van der Waals surface area contributed by atoms with Crippen LogP contribution in [0.5, 0.6) is 0 Å². The summed E-state index contributed by atoms with van der Waals surface area (Å²) in [7, 11) is 1.92. The Morgan fingerprint density at radius 2 is 1.93 bits per heavy atom. The molecule has 4 rings (SSSR count). The first kappa shape index (κ1) is 21.0. The van der Waals surface area contributed by atoms with Crippen LogP contribution in [0.25, 0.3) is 0 Å². The van der Waals surface area contributed by atoms with Crippen LogP contribution in [0.3, 0.4) is 0 Å². The number of aromatic nitrogens is 2. The van der Waals surface area contributed by atoms with Gasteiger partial charge in [-0.05, 0) is 24.3 Å². The molecule has 2 saturated heterocycles. The normalized spacial score (nSPS) is 21.7. The highest BCUT2D eigenvalue weighted by Gasteiger charge is 2.30. The predicted octanol–water partition coefficient (Wildman–Crippen LogP) is 2.08. The summed E-state index contributed by atoms with van der Waals surface area (Å²) in [4.78, 5) is 17.3. The van der Waals surface area contributed by atoms with Crippen LogP contribution in [-0.2, 0) is 34.5 Å². The highest BCUT2D eigenvalue weighted by atomic mass is 16.5. The zero-order valence-corrected chi connectivity index (χ0v) is 17.8. The van der Waals surface area contributed by atoms with Gasteiger partial charge >= 0.3 is 0 Å². The second-order valence-corrected chi connectivity index (χ2v) is 8.46. The highest BCUT2D eigenvalue weighted by molar-refractivity contribution is 5.78. The number of hydrogen-bond acceptors (Lipinski definition) is 5. The molecule has 1 aromatic heterocycles. The van der Waals surface area contributed by atoms with E-state index in [1.165, 1.54) is 0 Å². The van der Waals surface area contributed by atoms with Crippen LogP contribution in [-0.4, -0.2) is 71.0 Å². The molecule has 1 aromatic carbocycles. The fourth-order valence-electron chi connectivity index (χ4n) is 4.29. The molecular weight excluding hydrogens is 380 g/mol. The summed E-state index contributed by atoms with van der Waals surface area (Å²) in [6, 6.07) is 10.2. The smallest absolute Gasteiger partial charge is 0.236 e. The first-order valence-electron chi connectivity index (χ1n) is 10.9. The molecule has 2 aromatic rings. The molecule has 0 spiro atoms. The van der Waals surface area contributed by atoms with E-state index in [1.807, 2.05) is 42.5 Å². The van der Waals surface area contributed by atoms with Crippen molar-refractivity contribution in [2.24, 2.45) is 13.0 Å². The molecule has 2 aliphatic heterocycles. The lowest BCUT2D eigenvalue weighted by Gasteiger charge is -2.30. The molecule has 0 aliphatic carbocycles. The van der Waals surface area contributed by atoms with Crippen molar-refractivity contribution in [3.8, 4) is 0 Å². The maximum Gasteiger partial charge on any atom is 0.236 e. The minimum Gasteiger partial charge on any atom is -0.381 e. The number of carbonyl (C=O) groups is 1. The minimum atomic E-state index is -0.0202. The molecule has 2 aliphatic rings. The van der Waals surface area contributed by atoms with Gasteiger partial charge in [0.1, 0.15) is 0 Å². The van der Waals surface area contributed by atoms with Gasteiger partial charge in [-0.15, -0.1) is 0 Å². The summed E-state index contributed by atoms with van der Waals surface area (Å²) in [5.74, 6) is 0.707. The van der Waals surface area contributed by atoms with Crippen LogP contribution in [0.4, 0.5) is 0 Å². The summed E-state index contributed by atoms with van der Waals surface area (Å²) in [5.41, 5.74) is 2.27. The molecule has 0 bridgehead atoms. The van der Waals surface area contributed by atoms with E-state index in [-0.39, 0.29) is 12.0 Å². The Labute approximate surface area is 178 Å². The van der Waals surface area contributed by atoms with Gasteiger partial charge in [-0.2, -0.15) is 5.10 Å². The minimum absolute atomic E-state index is 0.0202. The fraction of sp³-hybridized carbons (Fsp3) is 0.565. The number of benzene rings is 1. The standard InChI is InChI=1S/C23H32N4O3/c1-25-12-21(11-24-25)13-26-15-22(30-18-20-5-3-2-4-6-20)16-27(23(28)17-26)14-19-7-9-29-10-8-19/h2-6,11-12,19,22H,7-10,13-18H2,1H3/t22-/m1/s1. The lowest BCUT2D eigenvalue weighted by molar-refractivity contribution is -0.133. The Morgan fingerprint density at radius 3 is 2.67 bits per heavy atom.